The lowest BCUT2D eigenvalue weighted by atomic mass is 9.78. The number of nitrogens with zero attached hydrogens (tertiary/aromatic N) is 2. The number of rotatable bonds is 7. The molecule has 2 saturated heterocycles. The van der Waals surface area contributed by atoms with Crippen molar-refractivity contribution in [3.63, 3.8) is 0 Å². The summed E-state index contributed by atoms with van der Waals surface area (Å²) < 4.78 is 11.9. The summed E-state index contributed by atoms with van der Waals surface area (Å²) in [5.74, 6) is 1.44. The number of aliphatic imine (C=N–C) groups is 1. The van der Waals surface area contributed by atoms with Gasteiger partial charge in [0.05, 0.1) is 18.3 Å². The first-order valence-electron chi connectivity index (χ1n) is 11.3. The molecule has 2 heterocycles. The second-order valence-corrected chi connectivity index (χ2v) is 9.58. The van der Waals surface area contributed by atoms with Crippen LogP contribution >= 0.6 is 24.0 Å². The molecule has 0 spiro atoms. The smallest absolute Gasteiger partial charge is 0.191 e. The summed E-state index contributed by atoms with van der Waals surface area (Å²) in [6.45, 7) is 20.0. The number of guanidine groups is 1. The first kappa shape index (κ1) is 26.9. The van der Waals surface area contributed by atoms with Crippen molar-refractivity contribution in [1.82, 2.24) is 15.5 Å². The number of ether oxygens (including phenoxy) is 2. The predicted octanol–water partition coefficient (Wildman–Crippen LogP) is 3.50. The van der Waals surface area contributed by atoms with Gasteiger partial charge in [-0.05, 0) is 45.4 Å². The van der Waals surface area contributed by atoms with Gasteiger partial charge in [-0.3, -0.25) is 9.89 Å². The van der Waals surface area contributed by atoms with E-state index >= 15 is 0 Å². The minimum atomic E-state index is 0. The van der Waals surface area contributed by atoms with E-state index in [1.807, 2.05) is 0 Å². The molecule has 7 heteroatoms. The van der Waals surface area contributed by atoms with Gasteiger partial charge in [0, 0.05) is 51.8 Å². The molecule has 0 aromatic rings. The molecular formula is C22H45IN4O2. The van der Waals surface area contributed by atoms with Crippen LogP contribution in [0.2, 0.25) is 0 Å². The van der Waals surface area contributed by atoms with Crippen molar-refractivity contribution in [3.05, 3.63) is 0 Å². The van der Waals surface area contributed by atoms with E-state index in [4.69, 9.17) is 14.5 Å². The standard InChI is InChI=1S/C22H44N4O2.HI/c1-7-23-21(24-11-9-12-26-15-17(2)28-18(3)16-26)25-14-19-10-8-13-27-20(19)22(4,5)6;/h17-20H,7-16H2,1-6H3,(H2,23,24,25);1H. The van der Waals surface area contributed by atoms with Gasteiger partial charge in [-0.1, -0.05) is 20.8 Å². The third-order valence-corrected chi connectivity index (χ3v) is 5.57. The molecule has 0 amide bonds. The van der Waals surface area contributed by atoms with E-state index in [1.54, 1.807) is 0 Å². The van der Waals surface area contributed by atoms with Crippen LogP contribution in [-0.2, 0) is 9.47 Å². The summed E-state index contributed by atoms with van der Waals surface area (Å²) in [6, 6.07) is 0. The van der Waals surface area contributed by atoms with Crippen LogP contribution in [0.4, 0.5) is 0 Å². The maximum absolute atomic E-state index is 6.10. The SMILES string of the molecule is CCNC(=NCC1CCCOC1C(C)(C)C)NCCCN1CC(C)OC(C)C1.I. The van der Waals surface area contributed by atoms with E-state index in [1.165, 1.54) is 6.42 Å². The fourth-order valence-electron chi connectivity index (χ4n) is 4.51. The zero-order chi connectivity index (χ0) is 20.6. The van der Waals surface area contributed by atoms with Gasteiger partial charge >= 0.3 is 0 Å². The Balaban J connectivity index is 0.00000420. The van der Waals surface area contributed by atoms with Crippen LogP contribution in [0, 0.1) is 11.3 Å². The molecule has 4 unspecified atom stereocenters. The molecule has 0 aliphatic carbocycles. The Labute approximate surface area is 196 Å². The summed E-state index contributed by atoms with van der Waals surface area (Å²) in [4.78, 5) is 7.40. The average molecular weight is 525 g/mol. The number of morpholine rings is 1. The molecule has 0 aromatic carbocycles. The molecule has 2 rings (SSSR count). The highest BCUT2D eigenvalue weighted by Crippen LogP contribution is 2.34. The highest BCUT2D eigenvalue weighted by Gasteiger charge is 2.35. The van der Waals surface area contributed by atoms with Crippen molar-refractivity contribution in [3.8, 4) is 0 Å². The third-order valence-electron chi connectivity index (χ3n) is 5.57. The maximum atomic E-state index is 6.10. The van der Waals surface area contributed by atoms with Crippen molar-refractivity contribution < 1.29 is 9.47 Å². The molecule has 0 saturated carbocycles. The monoisotopic (exact) mass is 524 g/mol. The van der Waals surface area contributed by atoms with Gasteiger partial charge in [0.15, 0.2) is 5.96 Å². The van der Waals surface area contributed by atoms with Gasteiger partial charge in [-0.2, -0.15) is 0 Å². The maximum Gasteiger partial charge on any atom is 0.191 e. The second-order valence-electron chi connectivity index (χ2n) is 9.58. The van der Waals surface area contributed by atoms with E-state index in [9.17, 15) is 0 Å². The van der Waals surface area contributed by atoms with Crippen LogP contribution in [0.5, 0.6) is 0 Å². The van der Waals surface area contributed by atoms with Crippen molar-refractivity contribution in [2.45, 2.75) is 79.1 Å². The first-order chi connectivity index (χ1) is 13.3. The van der Waals surface area contributed by atoms with Crippen LogP contribution in [0.25, 0.3) is 0 Å². The van der Waals surface area contributed by atoms with E-state index in [2.05, 4.69) is 57.1 Å². The zero-order valence-corrected chi connectivity index (χ0v) is 21.8. The molecule has 0 radical (unpaired) electrons. The Hall–Kier alpha value is -0.120. The zero-order valence-electron chi connectivity index (χ0n) is 19.5. The normalized spacial score (nSPS) is 29.2. The van der Waals surface area contributed by atoms with Gasteiger partial charge in [-0.25, -0.2) is 0 Å². The minimum absolute atomic E-state index is 0. The van der Waals surface area contributed by atoms with Crippen LogP contribution < -0.4 is 10.6 Å². The minimum Gasteiger partial charge on any atom is -0.377 e. The largest absolute Gasteiger partial charge is 0.377 e. The fourth-order valence-corrected chi connectivity index (χ4v) is 4.51. The van der Waals surface area contributed by atoms with Crippen LogP contribution in [-0.4, -0.2) is 75.0 Å². The Morgan fingerprint density at radius 1 is 1.14 bits per heavy atom. The molecule has 29 heavy (non-hydrogen) atoms. The van der Waals surface area contributed by atoms with Crippen molar-refractivity contribution >= 4 is 29.9 Å². The Morgan fingerprint density at radius 2 is 1.83 bits per heavy atom. The van der Waals surface area contributed by atoms with Gasteiger partial charge in [0.2, 0.25) is 0 Å². The fraction of sp³-hybridized carbons (Fsp3) is 0.955. The summed E-state index contributed by atoms with van der Waals surface area (Å²) >= 11 is 0. The van der Waals surface area contributed by atoms with E-state index in [-0.39, 0.29) is 35.5 Å². The molecule has 6 nitrogen and oxygen atoms in total. The van der Waals surface area contributed by atoms with E-state index in [0.29, 0.717) is 18.1 Å². The van der Waals surface area contributed by atoms with E-state index in [0.717, 1.165) is 64.7 Å². The topological polar surface area (TPSA) is 58.1 Å². The highest BCUT2D eigenvalue weighted by molar-refractivity contribution is 14.0. The number of halogens is 1. The van der Waals surface area contributed by atoms with E-state index < -0.39 is 0 Å². The molecular weight excluding hydrogens is 479 g/mol. The molecule has 0 bridgehead atoms. The van der Waals surface area contributed by atoms with Crippen molar-refractivity contribution in [1.29, 1.82) is 0 Å². The lowest BCUT2D eigenvalue weighted by Gasteiger charge is -2.39. The van der Waals surface area contributed by atoms with Crippen LogP contribution in [0.15, 0.2) is 4.99 Å². The molecule has 2 aliphatic rings. The highest BCUT2D eigenvalue weighted by atomic mass is 127. The Bertz CT molecular complexity index is 474. The molecule has 4 atom stereocenters. The Kier molecular flexibility index (Phi) is 12.4. The van der Waals surface area contributed by atoms with Crippen molar-refractivity contribution in [2.75, 3.05) is 45.9 Å². The summed E-state index contributed by atoms with van der Waals surface area (Å²) in [6.07, 6.45) is 4.43. The molecule has 0 aromatic heterocycles. The summed E-state index contributed by atoms with van der Waals surface area (Å²) in [7, 11) is 0. The van der Waals surface area contributed by atoms with Gasteiger partial charge in [-0.15, -0.1) is 24.0 Å². The third kappa shape index (κ3) is 9.70. The molecule has 2 N–H and O–H groups in total. The average Bonchev–Trinajstić information content (AvgIpc) is 2.62. The van der Waals surface area contributed by atoms with Crippen LogP contribution in [0.1, 0.15) is 60.8 Å². The lowest BCUT2D eigenvalue weighted by Crippen LogP contribution is -2.46. The van der Waals surface area contributed by atoms with Crippen LogP contribution in [0.3, 0.4) is 0 Å². The Morgan fingerprint density at radius 3 is 2.45 bits per heavy atom. The van der Waals surface area contributed by atoms with Gasteiger partial charge in [0.25, 0.3) is 0 Å². The quantitative estimate of drug-likeness (QED) is 0.231. The number of hydrogen-bond donors (Lipinski definition) is 2. The van der Waals surface area contributed by atoms with Gasteiger partial charge in [0.1, 0.15) is 0 Å². The molecule has 2 aliphatic heterocycles. The summed E-state index contributed by atoms with van der Waals surface area (Å²) in [5, 5.41) is 6.91. The number of nitrogens with one attached hydrogen (secondary N) is 2. The summed E-state index contributed by atoms with van der Waals surface area (Å²) in [5.41, 5.74) is 0.165. The molecule has 2 fully saturated rings. The van der Waals surface area contributed by atoms with Crippen molar-refractivity contribution in [2.24, 2.45) is 16.3 Å². The molecule has 172 valence electrons. The predicted molar refractivity (Wildman–Crippen MR) is 132 cm³/mol. The first-order valence-corrected chi connectivity index (χ1v) is 11.3. The second kappa shape index (κ2) is 13.3. The number of hydrogen-bond acceptors (Lipinski definition) is 4. The lowest BCUT2D eigenvalue weighted by molar-refractivity contribution is -0.0823. The van der Waals surface area contributed by atoms with Gasteiger partial charge < -0.3 is 20.1 Å².